The van der Waals surface area contributed by atoms with Gasteiger partial charge < -0.3 is 0 Å². The van der Waals surface area contributed by atoms with Crippen molar-refractivity contribution in [1.29, 1.82) is 0 Å². The molecule has 0 aromatic rings. The van der Waals surface area contributed by atoms with Crippen LogP contribution in [0, 0.1) is 5.92 Å². The van der Waals surface area contributed by atoms with Gasteiger partial charge in [-0.25, -0.2) is 0 Å². The molecule has 0 aliphatic rings. The van der Waals surface area contributed by atoms with Crippen molar-refractivity contribution in [3.05, 3.63) is 12.2 Å². The topological polar surface area (TPSA) is 17.1 Å². The monoisotopic (exact) mass is 128 g/mol. The minimum atomic E-state index is 0. The van der Waals surface area contributed by atoms with E-state index < -0.39 is 0 Å². The molecule has 0 bridgehead atoms. The van der Waals surface area contributed by atoms with Crippen LogP contribution in [0.3, 0.4) is 0 Å². The lowest BCUT2D eigenvalue weighted by molar-refractivity contribution is -0.118. The fourth-order valence-corrected chi connectivity index (χ4v) is 0.493. The van der Waals surface area contributed by atoms with E-state index in [1.807, 2.05) is 13.8 Å². The summed E-state index contributed by atoms with van der Waals surface area (Å²) in [7, 11) is 0. The van der Waals surface area contributed by atoms with E-state index in [0.717, 1.165) is 0 Å². The number of carbonyl (C=O) groups excluding carboxylic acids is 1. The summed E-state index contributed by atoms with van der Waals surface area (Å²) in [4.78, 5) is 10.7. The maximum absolute atomic E-state index is 10.7. The second-order valence-electron chi connectivity index (χ2n) is 2.30. The fraction of sp³-hybridized carbons (Fsp3) is 0.625. The van der Waals surface area contributed by atoms with Crippen molar-refractivity contribution < 1.29 is 4.79 Å². The van der Waals surface area contributed by atoms with Gasteiger partial charge in [-0.3, -0.25) is 4.79 Å². The van der Waals surface area contributed by atoms with Gasteiger partial charge in [0.25, 0.3) is 0 Å². The lowest BCUT2D eigenvalue weighted by atomic mass is 10.0. The molecule has 1 heteroatoms. The van der Waals surface area contributed by atoms with Gasteiger partial charge >= 0.3 is 0 Å². The molecule has 1 nitrogen and oxygen atoms in total. The molecule has 0 heterocycles. The average Bonchev–Trinajstić information content (AvgIpc) is 1.64. The Bertz CT molecular complexity index is 112. The number of ketones is 1. The van der Waals surface area contributed by atoms with Crippen LogP contribution in [0.2, 0.25) is 0 Å². The summed E-state index contributed by atoms with van der Waals surface area (Å²) in [6.45, 7) is 9.01. The predicted octanol–water partition coefficient (Wildman–Crippen LogP) is 2.42. The summed E-state index contributed by atoms with van der Waals surface area (Å²) < 4.78 is 0. The normalized spacial score (nSPS) is 8.44. The van der Waals surface area contributed by atoms with E-state index in [4.69, 9.17) is 0 Å². The third-order valence-electron chi connectivity index (χ3n) is 0.945. The van der Waals surface area contributed by atoms with Crippen LogP contribution in [0.25, 0.3) is 0 Å². The Labute approximate surface area is 57.8 Å². The highest BCUT2D eigenvalue weighted by atomic mass is 16.1. The quantitative estimate of drug-likeness (QED) is 0.522. The number of allylic oxidation sites excluding steroid dienone is 1. The summed E-state index contributed by atoms with van der Waals surface area (Å²) in [5, 5.41) is 0. The molecule has 0 fully saturated rings. The molecule has 0 rings (SSSR count). The Morgan fingerprint density at radius 2 is 1.78 bits per heavy atom. The number of hydrogen-bond acceptors (Lipinski definition) is 1. The van der Waals surface area contributed by atoms with Crippen LogP contribution in [0.4, 0.5) is 0 Å². The van der Waals surface area contributed by atoms with Gasteiger partial charge in [0.05, 0.1) is 0 Å². The first-order chi connectivity index (χ1) is 3.55. The first kappa shape index (κ1) is 11.2. The van der Waals surface area contributed by atoms with Gasteiger partial charge in [0.2, 0.25) is 0 Å². The van der Waals surface area contributed by atoms with Crippen molar-refractivity contribution in [2.45, 2.75) is 28.2 Å². The summed E-state index contributed by atoms with van der Waals surface area (Å²) >= 11 is 0. The standard InChI is InChI=1S/C7H12O.CH4/c1-5(2)7(8)6(3)4;/h6H,1H2,2-4H3;1H4. The maximum atomic E-state index is 10.7. The van der Waals surface area contributed by atoms with Crippen molar-refractivity contribution in [3.63, 3.8) is 0 Å². The highest BCUT2D eigenvalue weighted by molar-refractivity contribution is 5.95. The molecule has 9 heavy (non-hydrogen) atoms. The predicted molar refractivity (Wildman–Crippen MR) is 41.4 cm³/mol. The minimum Gasteiger partial charge on any atom is -0.294 e. The van der Waals surface area contributed by atoms with Crippen molar-refractivity contribution in [3.8, 4) is 0 Å². The molecule has 0 unspecified atom stereocenters. The van der Waals surface area contributed by atoms with Gasteiger partial charge in [-0.2, -0.15) is 0 Å². The van der Waals surface area contributed by atoms with Crippen molar-refractivity contribution in [2.24, 2.45) is 5.92 Å². The van der Waals surface area contributed by atoms with Gasteiger partial charge in [-0.1, -0.05) is 27.9 Å². The van der Waals surface area contributed by atoms with E-state index in [1.165, 1.54) is 0 Å². The largest absolute Gasteiger partial charge is 0.294 e. The first-order valence-corrected chi connectivity index (χ1v) is 2.75. The molecular formula is C8H16O. The Morgan fingerprint density at radius 3 is 1.78 bits per heavy atom. The zero-order valence-electron chi connectivity index (χ0n) is 5.69. The van der Waals surface area contributed by atoms with Gasteiger partial charge in [-0.15, -0.1) is 0 Å². The number of Topliss-reactive ketones (excluding diaryl/α,β-unsaturated/α-hetero) is 1. The molecular weight excluding hydrogens is 112 g/mol. The highest BCUT2D eigenvalue weighted by Gasteiger charge is 2.05. The SMILES string of the molecule is C.C=C(C)C(=O)C(C)C. The van der Waals surface area contributed by atoms with Gasteiger partial charge in [0, 0.05) is 5.92 Å². The summed E-state index contributed by atoms with van der Waals surface area (Å²) in [6.07, 6.45) is 0. The van der Waals surface area contributed by atoms with Gasteiger partial charge in [0.15, 0.2) is 5.78 Å². The maximum Gasteiger partial charge on any atom is 0.160 e. The summed E-state index contributed by atoms with van der Waals surface area (Å²) in [5.74, 6) is 0.262. The van der Waals surface area contributed by atoms with E-state index in [-0.39, 0.29) is 19.1 Å². The molecule has 0 radical (unpaired) electrons. The molecule has 0 saturated carbocycles. The van der Waals surface area contributed by atoms with Crippen molar-refractivity contribution in [2.75, 3.05) is 0 Å². The van der Waals surface area contributed by atoms with Crippen LogP contribution in [0.5, 0.6) is 0 Å². The molecule has 0 aromatic heterocycles. The van der Waals surface area contributed by atoms with E-state index in [9.17, 15) is 4.79 Å². The van der Waals surface area contributed by atoms with Crippen LogP contribution in [-0.2, 0) is 4.79 Å². The minimum absolute atomic E-state index is 0. The molecule has 54 valence electrons. The molecule has 0 saturated heterocycles. The zero-order valence-corrected chi connectivity index (χ0v) is 5.69. The Morgan fingerprint density at radius 1 is 1.44 bits per heavy atom. The molecule has 0 N–H and O–H groups in total. The molecule has 0 aliphatic carbocycles. The molecule has 0 atom stereocenters. The second kappa shape index (κ2) is 4.30. The third kappa shape index (κ3) is 3.95. The lowest BCUT2D eigenvalue weighted by Gasteiger charge is -1.99. The lowest BCUT2D eigenvalue weighted by Crippen LogP contribution is -2.06. The summed E-state index contributed by atoms with van der Waals surface area (Å²) in [5.41, 5.74) is 0.653. The third-order valence-corrected chi connectivity index (χ3v) is 0.945. The zero-order chi connectivity index (χ0) is 6.73. The molecule has 0 aliphatic heterocycles. The highest BCUT2D eigenvalue weighted by Crippen LogP contribution is 2.00. The van der Waals surface area contributed by atoms with E-state index >= 15 is 0 Å². The number of carbonyl (C=O) groups is 1. The fourth-order valence-electron chi connectivity index (χ4n) is 0.493. The second-order valence-corrected chi connectivity index (χ2v) is 2.30. The van der Waals surface area contributed by atoms with Crippen molar-refractivity contribution >= 4 is 5.78 Å². The average molecular weight is 128 g/mol. The Hall–Kier alpha value is -0.590. The summed E-state index contributed by atoms with van der Waals surface area (Å²) in [6, 6.07) is 0. The molecule has 0 spiro atoms. The van der Waals surface area contributed by atoms with Crippen LogP contribution >= 0.6 is 0 Å². The van der Waals surface area contributed by atoms with Crippen LogP contribution in [0.15, 0.2) is 12.2 Å². The first-order valence-electron chi connectivity index (χ1n) is 2.75. The number of rotatable bonds is 2. The van der Waals surface area contributed by atoms with E-state index in [0.29, 0.717) is 5.57 Å². The molecule has 0 amide bonds. The van der Waals surface area contributed by atoms with Gasteiger partial charge in [0.1, 0.15) is 0 Å². The number of hydrogen-bond donors (Lipinski definition) is 0. The Balaban J connectivity index is 0. The van der Waals surface area contributed by atoms with Crippen LogP contribution < -0.4 is 0 Å². The van der Waals surface area contributed by atoms with E-state index in [2.05, 4.69) is 6.58 Å². The smallest absolute Gasteiger partial charge is 0.160 e. The molecule has 0 aromatic carbocycles. The van der Waals surface area contributed by atoms with Crippen LogP contribution in [0.1, 0.15) is 28.2 Å². The van der Waals surface area contributed by atoms with Crippen LogP contribution in [-0.4, -0.2) is 5.78 Å². The van der Waals surface area contributed by atoms with E-state index in [1.54, 1.807) is 6.92 Å². The Kier molecular flexibility index (Phi) is 5.38. The van der Waals surface area contributed by atoms with Gasteiger partial charge in [-0.05, 0) is 12.5 Å². The van der Waals surface area contributed by atoms with Crippen molar-refractivity contribution in [1.82, 2.24) is 0 Å².